The predicted octanol–water partition coefficient (Wildman–Crippen LogP) is 2.91. The van der Waals surface area contributed by atoms with Crippen LogP contribution in [0.1, 0.15) is 40.4 Å². The number of carbonyl (C=O) groups excluding carboxylic acids is 1. The third kappa shape index (κ3) is 4.74. The van der Waals surface area contributed by atoms with E-state index < -0.39 is 6.10 Å². The fraction of sp³-hybridized carbons (Fsp3) is 0.238. The molecule has 0 saturated carbocycles. The van der Waals surface area contributed by atoms with Crippen LogP contribution >= 0.6 is 0 Å². The molecule has 6 heteroatoms. The molecule has 3 aromatic rings. The first-order chi connectivity index (χ1) is 13.1. The lowest BCUT2D eigenvalue weighted by molar-refractivity contribution is 0.0563. The van der Waals surface area contributed by atoms with E-state index in [4.69, 9.17) is 4.42 Å². The zero-order valence-electron chi connectivity index (χ0n) is 15.1. The zero-order valence-corrected chi connectivity index (χ0v) is 15.1. The molecule has 0 bridgehead atoms. The van der Waals surface area contributed by atoms with E-state index in [-0.39, 0.29) is 18.0 Å². The maximum Gasteiger partial charge on any atom is 0.254 e. The normalized spacial score (nSPS) is 11.9. The quantitative estimate of drug-likeness (QED) is 0.673. The molecule has 0 aliphatic rings. The first-order valence-corrected chi connectivity index (χ1v) is 8.84. The van der Waals surface area contributed by atoms with Gasteiger partial charge >= 0.3 is 0 Å². The number of aliphatic hydroxyl groups is 1. The van der Waals surface area contributed by atoms with Gasteiger partial charge in [-0.2, -0.15) is 0 Å². The number of benzene rings is 1. The van der Waals surface area contributed by atoms with Crippen LogP contribution in [0.2, 0.25) is 0 Å². The predicted molar refractivity (Wildman–Crippen MR) is 101 cm³/mol. The number of hydrogen-bond acceptors (Lipinski definition) is 4. The van der Waals surface area contributed by atoms with Gasteiger partial charge in [0.25, 0.3) is 5.91 Å². The van der Waals surface area contributed by atoms with Crippen LogP contribution < -0.4 is 5.56 Å². The molecule has 1 unspecified atom stereocenters. The van der Waals surface area contributed by atoms with Gasteiger partial charge in [0.05, 0.1) is 12.8 Å². The summed E-state index contributed by atoms with van der Waals surface area (Å²) in [5.41, 5.74) is 1.61. The van der Waals surface area contributed by atoms with Crippen molar-refractivity contribution in [2.45, 2.75) is 26.0 Å². The largest absolute Gasteiger partial charge is 0.467 e. The highest BCUT2D eigenvalue weighted by Gasteiger charge is 2.22. The molecule has 0 fully saturated rings. The fourth-order valence-corrected chi connectivity index (χ4v) is 2.90. The minimum atomic E-state index is -0.958. The number of hydrogen-bond donors (Lipinski definition) is 2. The SMILES string of the molecule is CCc1cc(C(=O)N(Cc2ccccc2)CC(O)c2ccco2)cc(=O)[nH]1. The number of nitrogens with zero attached hydrogens (tertiary/aromatic N) is 1. The third-order valence-corrected chi connectivity index (χ3v) is 4.30. The van der Waals surface area contributed by atoms with Crippen molar-refractivity contribution in [3.63, 3.8) is 0 Å². The molecule has 0 aliphatic heterocycles. The van der Waals surface area contributed by atoms with Crippen molar-refractivity contribution in [3.8, 4) is 0 Å². The Labute approximate surface area is 157 Å². The molecule has 1 atom stereocenters. The Hall–Kier alpha value is -3.12. The topological polar surface area (TPSA) is 86.5 Å². The highest BCUT2D eigenvalue weighted by molar-refractivity contribution is 5.94. The van der Waals surface area contributed by atoms with Gasteiger partial charge in [-0.25, -0.2) is 0 Å². The summed E-state index contributed by atoms with van der Waals surface area (Å²) < 4.78 is 5.24. The average molecular weight is 366 g/mol. The number of H-pyrrole nitrogens is 1. The first kappa shape index (κ1) is 18.7. The second-order valence-electron chi connectivity index (χ2n) is 6.31. The summed E-state index contributed by atoms with van der Waals surface area (Å²) in [6.07, 6.45) is 1.14. The van der Waals surface area contributed by atoms with E-state index in [0.29, 0.717) is 30.0 Å². The third-order valence-electron chi connectivity index (χ3n) is 4.30. The van der Waals surface area contributed by atoms with Crippen molar-refractivity contribution >= 4 is 5.91 Å². The molecule has 0 saturated heterocycles. The van der Waals surface area contributed by atoms with Crippen molar-refractivity contribution in [2.24, 2.45) is 0 Å². The number of amides is 1. The van der Waals surface area contributed by atoms with Gasteiger partial charge in [-0.1, -0.05) is 37.3 Å². The number of aliphatic hydroxyl groups excluding tert-OH is 1. The molecule has 1 amide bonds. The second-order valence-corrected chi connectivity index (χ2v) is 6.31. The fourth-order valence-electron chi connectivity index (χ4n) is 2.90. The number of aryl methyl sites for hydroxylation is 1. The number of pyridine rings is 1. The number of aromatic amines is 1. The summed E-state index contributed by atoms with van der Waals surface area (Å²) in [5, 5.41) is 10.5. The zero-order chi connectivity index (χ0) is 19.2. The van der Waals surface area contributed by atoms with Crippen LogP contribution in [0, 0.1) is 0 Å². The molecule has 1 aromatic carbocycles. The summed E-state index contributed by atoms with van der Waals surface area (Å²) in [4.78, 5) is 29.2. The van der Waals surface area contributed by atoms with Gasteiger partial charge < -0.3 is 19.4 Å². The Balaban J connectivity index is 1.89. The van der Waals surface area contributed by atoms with E-state index >= 15 is 0 Å². The van der Waals surface area contributed by atoms with E-state index in [1.165, 1.54) is 17.2 Å². The van der Waals surface area contributed by atoms with Gasteiger partial charge in [0.2, 0.25) is 5.56 Å². The maximum absolute atomic E-state index is 13.1. The molecule has 2 heterocycles. The second kappa shape index (κ2) is 8.51. The molecular weight excluding hydrogens is 344 g/mol. The number of aromatic nitrogens is 1. The molecule has 2 N–H and O–H groups in total. The first-order valence-electron chi connectivity index (χ1n) is 8.84. The summed E-state index contributed by atoms with van der Waals surface area (Å²) in [6.45, 7) is 2.27. The molecule has 2 aromatic heterocycles. The molecule has 3 rings (SSSR count). The highest BCUT2D eigenvalue weighted by Crippen LogP contribution is 2.18. The Morgan fingerprint density at radius 3 is 2.63 bits per heavy atom. The lowest BCUT2D eigenvalue weighted by atomic mass is 10.1. The van der Waals surface area contributed by atoms with Crippen LogP contribution in [0.3, 0.4) is 0 Å². The smallest absolute Gasteiger partial charge is 0.254 e. The summed E-state index contributed by atoms with van der Waals surface area (Å²) in [7, 11) is 0. The lowest BCUT2D eigenvalue weighted by Gasteiger charge is -2.25. The maximum atomic E-state index is 13.1. The standard InChI is InChI=1S/C21H22N2O4/c1-2-17-11-16(12-20(25)22-17)21(26)23(13-15-7-4-3-5-8-15)14-18(24)19-9-6-10-27-19/h3-12,18,24H,2,13-14H2,1H3,(H,22,25). The number of carbonyl (C=O) groups is 1. The van der Waals surface area contributed by atoms with Gasteiger partial charge in [-0.15, -0.1) is 0 Å². The highest BCUT2D eigenvalue weighted by atomic mass is 16.4. The Morgan fingerprint density at radius 1 is 1.19 bits per heavy atom. The Morgan fingerprint density at radius 2 is 1.96 bits per heavy atom. The van der Waals surface area contributed by atoms with E-state index in [1.54, 1.807) is 18.2 Å². The molecule has 0 radical (unpaired) electrons. The van der Waals surface area contributed by atoms with Crippen molar-refractivity contribution in [2.75, 3.05) is 6.54 Å². The van der Waals surface area contributed by atoms with Crippen LogP contribution in [0.15, 0.2) is 70.1 Å². The summed E-state index contributed by atoms with van der Waals surface area (Å²) in [5.74, 6) is 0.0753. The van der Waals surface area contributed by atoms with E-state index in [2.05, 4.69) is 4.98 Å². The van der Waals surface area contributed by atoms with Crippen LogP contribution in [0.4, 0.5) is 0 Å². The molecule has 6 nitrogen and oxygen atoms in total. The van der Waals surface area contributed by atoms with Crippen LogP contribution in [-0.2, 0) is 13.0 Å². The van der Waals surface area contributed by atoms with Crippen LogP contribution in [0.25, 0.3) is 0 Å². The van der Waals surface area contributed by atoms with Gasteiger partial charge in [0.15, 0.2) is 0 Å². The average Bonchev–Trinajstić information content (AvgIpc) is 3.22. The summed E-state index contributed by atoms with van der Waals surface area (Å²) in [6, 6.07) is 15.8. The molecule has 140 valence electrons. The van der Waals surface area contributed by atoms with E-state index in [0.717, 1.165) is 5.56 Å². The van der Waals surface area contributed by atoms with Gasteiger partial charge in [-0.05, 0) is 30.2 Å². The van der Waals surface area contributed by atoms with Crippen LogP contribution in [0.5, 0.6) is 0 Å². The van der Waals surface area contributed by atoms with Crippen molar-refractivity contribution in [1.29, 1.82) is 0 Å². The van der Waals surface area contributed by atoms with Crippen molar-refractivity contribution in [3.05, 3.63) is 93.8 Å². The lowest BCUT2D eigenvalue weighted by Crippen LogP contribution is -2.35. The monoisotopic (exact) mass is 366 g/mol. The van der Waals surface area contributed by atoms with Crippen molar-refractivity contribution in [1.82, 2.24) is 9.88 Å². The number of rotatable bonds is 7. The minimum absolute atomic E-state index is 0.0511. The summed E-state index contributed by atoms with van der Waals surface area (Å²) >= 11 is 0. The molecule has 27 heavy (non-hydrogen) atoms. The Bertz CT molecular complexity index is 932. The molecule has 0 aliphatic carbocycles. The number of nitrogens with one attached hydrogen (secondary N) is 1. The minimum Gasteiger partial charge on any atom is -0.467 e. The van der Waals surface area contributed by atoms with Gasteiger partial charge in [0, 0.05) is 23.9 Å². The molecular formula is C21H22N2O4. The van der Waals surface area contributed by atoms with Gasteiger partial charge in [-0.3, -0.25) is 9.59 Å². The van der Waals surface area contributed by atoms with E-state index in [1.807, 2.05) is 37.3 Å². The van der Waals surface area contributed by atoms with Crippen LogP contribution in [-0.4, -0.2) is 27.4 Å². The van der Waals surface area contributed by atoms with Gasteiger partial charge in [0.1, 0.15) is 11.9 Å². The molecule has 0 spiro atoms. The number of furan rings is 1. The Kier molecular flexibility index (Phi) is 5.88. The van der Waals surface area contributed by atoms with E-state index in [9.17, 15) is 14.7 Å². The van der Waals surface area contributed by atoms with Crippen molar-refractivity contribution < 1.29 is 14.3 Å².